The molecule has 0 saturated heterocycles. The number of allylic oxidation sites excluding steroid dienone is 1. The zero-order chi connectivity index (χ0) is 27.3. The van der Waals surface area contributed by atoms with Crippen molar-refractivity contribution < 1.29 is 9.53 Å². The van der Waals surface area contributed by atoms with Crippen molar-refractivity contribution in [2.45, 2.75) is 40.3 Å². The van der Waals surface area contributed by atoms with Gasteiger partial charge in [-0.1, -0.05) is 72.0 Å². The van der Waals surface area contributed by atoms with Crippen molar-refractivity contribution in [2.75, 3.05) is 6.61 Å². The van der Waals surface area contributed by atoms with Crippen LogP contribution in [0.1, 0.15) is 43.6 Å². The van der Waals surface area contributed by atoms with Crippen LogP contribution in [-0.2, 0) is 16.1 Å². The number of hydrogen-bond donors (Lipinski definition) is 0. The maximum absolute atomic E-state index is 14.2. The van der Waals surface area contributed by atoms with Gasteiger partial charge in [0.15, 0.2) is 4.80 Å². The number of thiazole rings is 1. The number of benzene rings is 3. The van der Waals surface area contributed by atoms with Crippen molar-refractivity contribution in [3.8, 4) is 0 Å². The van der Waals surface area contributed by atoms with Gasteiger partial charge in [-0.3, -0.25) is 9.36 Å². The van der Waals surface area contributed by atoms with E-state index >= 15 is 0 Å². The van der Waals surface area contributed by atoms with Gasteiger partial charge in [-0.15, -0.1) is 0 Å². The summed E-state index contributed by atoms with van der Waals surface area (Å²) < 4.78 is 9.99. The molecule has 0 amide bonds. The Hall–Kier alpha value is -4.23. The van der Waals surface area contributed by atoms with Gasteiger partial charge < -0.3 is 9.30 Å². The first-order chi connectivity index (χ1) is 18.9. The van der Waals surface area contributed by atoms with Crippen LogP contribution in [0.4, 0.5) is 0 Å². The average Bonchev–Trinajstić information content (AvgIpc) is 3.40. The van der Waals surface area contributed by atoms with Crippen molar-refractivity contribution in [1.82, 2.24) is 9.13 Å². The monoisotopic (exact) mass is 535 g/mol. The molecule has 0 N–H and O–H groups in total. The molecule has 196 valence electrons. The van der Waals surface area contributed by atoms with Gasteiger partial charge in [0.05, 0.1) is 28.5 Å². The van der Waals surface area contributed by atoms with E-state index in [1.54, 1.807) is 11.5 Å². The second kappa shape index (κ2) is 9.82. The summed E-state index contributed by atoms with van der Waals surface area (Å²) in [6.07, 6.45) is 1.98. The van der Waals surface area contributed by atoms with Crippen LogP contribution in [-0.4, -0.2) is 21.7 Å². The predicted octanol–water partition coefficient (Wildman–Crippen LogP) is 5.23. The molecule has 1 aliphatic heterocycles. The lowest BCUT2D eigenvalue weighted by molar-refractivity contribution is -0.139. The van der Waals surface area contributed by atoms with Crippen molar-refractivity contribution in [3.05, 3.63) is 115 Å². The van der Waals surface area contributed by atoms with Gasteiger partial charge in [0.2, 0.25) is 0 Å². The Morgan fingerprint density at radius 3 is 2.49 bits per heavy atom. The number of aromatic nitrogens is 2. The second-order valence-electron chi connectivity index (χ2n) is 9.63. The molecule has 0 radical (unpaired) electrons. The smallest absolute Gasteiger partial charge is 0.338 e. The lowest BCUT2D eigenvalue weighted by Crippen LogP contribution is -2.40. The number of nitrogens with zero attached hydrogens (tertiary/aromatic N) is 3. The second-order valence-corrected chi connectivity index (χ2v) is 10.6. The molecule has 0 fully saturated rings. The molecule has 5 aromatic rings. The van der Waals surface area contributed by atoms with Crippen molar-refractivity contribution >= 4 is 45.1 Å². The zero-order valence-corrected chi connectivity index (χ0v) is 23.2. The Balaban J connectivity index is 1.65. The van der Waals surface area contributed by atoms with E-state index in [1.165, 1.54) is 11.3 Å². The van der Waals surface area contributed by atoms with E-state index in [0.29, 0.717) is 20.6 Å². The highest BCUT2D eigenvalue weighted by Crippen LogP contribution is 2.35. The first-order valence-electron chi connectivity index (χ1n) is 13.2. The number of rotatable bonds is 5. The molecule has 7 heteroatoms. The van der Waals surface area contributed by atoms with Crippen LogP contribution in [0.5, 0.6) is 0 Å². The van der Waals surface area contributed by atoms with E-state index in [9.17, 15) is 9.59 Å². The quantitative estimate of drug-likeness (QED) is 0.289. The third kappa shape index (κ3) is 3.96. The van der Waals surface area contributed by atoms with Gasteiger partial charge >= 0.3 is 5.97 Å². The maximum atomic E-state index is 14.2. The first-order valence-corrected chi connectivity index (χ1v) is 14.0. The Labute approximate surface area is 229 Å². The molecule has 1 atom stereocenters. The van der Waals surface area contributed by atoms with Crippen LogP contribution in [0.3, 0.4) is 0 Å². The Morgan fingerprint density at radius 1 is 1.00 bits per heavy atom. The molecule has 0 aliphatic carbocycles. The lowest BCUT2D eigenvalue weighted by Gasteiger charge is -2.25. The van der Waals surface area contributed by atoms with Crippen LogP contribution < -0.4 is 14.9 Å². The summed E-state index contributed by atoms with van der Waals surface area (Å²) in [6.45, 7) is 8.90. The molecule has 0 unspecified atom stereocenters. The fraction of sp³-hybridized carbons (Fsp3) is 0.219. The number of carbonyl (C=O) groups is 1. The van der Waals surface area contributed by atoms with Gasteiger partial charge in [-0.05, 0) is 56.2 Å². The van der Waals surface area contributed by atoms with Crippen LogP contribution in [0, 0.1) is 6.92 Å². The zero-order valence-electron chi connectivity index (χ0n) is 22.4. The van der Waals surface area contributed by atoms with E-state index in [0.717, 1.165) is 45.0 Å². The predicted molar refractivity (Wildman–Crippen MR) is 157 cm³/mol. The molecular weight excluding hydrogens is 506 g/mol. The SMILES string of the molecule is CCOC(=O)C1=C(C)N=c2s/c(=C/c3c(C)n(CC)c4ccccc34)c(=O)n2[C@H]1c1cccc2ccccc12. The molecule has 0 spiro atoms. The molecule has 39 heavy (non-hydrogen) atoms. The van der Waals surface area contributed by atoms with Gasteiger partial charge in [-0.2, -0.15) is 0 Å². The number of fused-ring (bicyclic) bond motifs is 3. The van der Waals surface area contributed by atoms with Crippen molar-refractivity contribution in [2.24, 2.45) is 4.99 Å². The summed E-state index contributed by atoms with van der Waals surface area (Å²) in [4.78, 5) is 32.8. The highest BCUT2D eigenvalue weighted by molar-refractivity contribution is 7.07. The summed E-state index contributed by atoms with van der Waals surface area (Å²) in [5, 5.41) is 3.13. The molecule has 3 aromatic carbocycles. The molecular formula is C32H29N3O3S. The molecule has 0 bridgehead atoms. The molecule has 6 nitrogen and oxygen atoms in total. The third-order valence-electron chi connectivity index (χ3n) is 7.51. The number of para-hydroxylation sites is 1. The molecule has 2 aromatic heterocycles. The Morgan fingerprint density at radius 2 is 1.72 bits per heavy atom. The largest absolute Gasteiger partial charge is 0.463 e. The topological polar surface area (TPSA) is 65.6 Å². The van der Waals surface area contributed by atoms with E-state index in [2.05, 4.69) is 30.5 Å². The third-order valence-corrected chi connectivity index (χ3v) is 8.49. The van der Waals surface area contributed by atoms with Crippen molar-refractivity contribution in [1.29, 1.82) is 0 Å². The number of carbonyl (C=O) groups excluding carboxylic acids is 1. The normalized spacial score (nSPS) is 15.6. The summed E-state index contributed by atoms with van der Waals surface area (Å²) in [7, 11) is 0. The summed E-state index contributed by atoms with van der Waals surface area (Å²) in [5.74, 6) is -0.451. The highest BCUT2D eigenvalue weighted by Gasteiger charge is 2.34. The minimum atomic E-state index is -0.647. The highest BCUT2D eigenvalue weighted by atomic mass is 32.1. The van der Waals surface area contributed by atoms with Crippen LogP contribution >= 0.6 is 11.3 Å². The minimum Gasteiger partial charge on any atom is -0.463 e. The number of aryl methyl sites for hydroxylation is 1. The first kappa shape index (κ1) is 25.1. The summed E-state index contributed by atoms with van der Waals surface area (Å²) in [5.41, 5.74) is 4.95. The number of ether oxygens (including phenoxy) is 1. The number of esters is 1. The summed E-state index contributed by atoms with van der Waals surface area (Å²) in [6, 6.07) is 21.6. The molecule has 6 rings (SSSR count). The maximum Gasteiger partial charge on any atom is 0.338 e. The summed E-state index contributed by atoms with van der Waals surface area (Å²) >= 11 is 1.36. The van der Waals surface area contributed by atoms with Crippen LogP contribution in [0.2, 0.25) is 0 Å². The van der Waals surface area contributed by atoms with Gasteiger partial charge in [0.25, 0.3) is 5.56 Å². The standard InChI is InChI=1S/C32H29N3O3S/c1-5-34-20(4)25(23-15-9-10-17-26(23)34)18-27-30(36)35-29(24-16-11-13-21-12-7-8-14-22(21)24)28(31(37)38-6-2)19(3)33-32(35)39-27/h7-18,29H,5-6H2,1-4H3/b27-18+/t29-/m0/s1. The Bertz CT molecular complexity index is 1990. The molecule has 3 heterocycles. The van der Waals surface area contributed by atoms with E-state index < -0.39 is 12.0 Å². The van der Waals surface area contributed by atoms with Crippen LogP contribution in [0.15, 0.2) is 87.8 Å². The molecule has 1 aliphatic rings. The van der Waals surface area contributed by atoms with E-state index in [4.69, 9.17) is 9.73 Å². The van der Waals surface area contributed by atoms with Gasteiger partial charge in [0.1, 0.15) is 0 Å². The van der Waals surface area contributed by atoms with E-state index in [-0.39, 0.29) is 12.2 Å². The minimum absolute atomic E-state index is 0.168. The molecule has 0 saturated carbocycles. The number of hydrogen-bond acceptors (Lipinski definition) is 5. The fourth-order valence-electron chi connectivity index (χ4n) is 5.75. The van der Waals surface area contributed by atoms with Crippen molar-refractivity contribution in [3.63, 3.8) is 0 Å². The van der Waals surface area contributed by atoms with E-state index in [1.807, 2.05) is 67.6 Å². The average molecular weight is 536 g/mol. The van der Waals surface area contributed by atoms with Gasteiger partial charge in [-0.25, -0.2) is 9.79 Å². The Kier molecular flexibility index (Phi) is 6.31. The lowest BCUT2D eigenvalue weighted by atomic mass is 9.91. The van der Waals surface area contributed by atoms with Gasteiger partial charge in [0, 0.05) is 28.7 Å². The fourth-order valence-corrected chi connectivity index (χ4v) is 6.78. The van der Waals surface area contributed by atoms with Crippen LogP contribution in [0.25, 0.3) is 27.8 Å².